The smallest absolute Gasteiger partial charge is 0.356 e. The molecule has 0 saturated carbocycles. The van der Waals surface area contributed by atoms with Gasteiger partial charge in [0, 0.05) is 7.92 Å². The van der Waals surface area contributed by atoms with Gasteiger partial charge in [0.05, 0.1) is 108 Å². The van der Waals surface area contributed by atoms with Gasteiger partial charge in [-0.25, -0.2) is 0 Å². The Morgan fingerprint density at radius 2 is 0.433 bits per heavy atom. The van der Waals surface area contributed by atoms with Crippen molar-refractivity contribution in [3.05, 3.63) is 228 Å². The summed E-state index contributed by atoms with van der Waals surface area (Å²) in [4.78, 5) is 24.8. The molecule has 6 aromatic rings. The van der Waals surface area contributed by atoms with E-state index in [9.17, 15) is 0 Å². The van der Waals surface area contributed by atoms with Crippen LogP contribution in [0.5, 0.6) is 0 Å². The first-order valence-electron chi connectivity index (χ1n) is 18.2. The molecule has 0 N–H and O–H groups in total. The Kier molecular flexibility index (Phi) is 28.7. The van der Waals surface area contributed by atoms with Crippen molar-refractivity contribution in [1.82, 2.24) is 0 Å². The van der Waals surface area contributed by atoms with Crippen LogP contribution >= 0.6 is 31.7 Å². The van der Waals surface area contributed by atoms with E-state index in [2.05, 4.69) is 182 Å². The summed E-state index contributed by atoms with van der Waals surface area (Å²) in [6.45, 7) is 0. The number of benzene rings is 6. The first kappa shape index (κ1) is 54.1. The number of nitrogens with zero attached hydrogens (tertiary/aromatic N) is 3. The molecule has 0 saturated heterocycles. The number of hydrogen-bond acceptors (Lipinski definition) is 9. The maximum Gasteiger partial charge on any atom is 2.00 e. The van der Waals surface area contributed by atoms with Crippen LogP contribution in [0.25, 0.3) is 0 Å². The minimum Gasteiger partial charge on any atom is -0.356 e. The summed E-state index contributed by atoms with van der Waals surface area (Å²) in [7, 11) is -3.10. The van der Waals surface area contributed by atoms with Crippen LogP contribution in [0.4, 0.5) is 0 Å². The van der Waals surface area contributed by atoms with E-state index in [0.717, 1.165) is 0 Å². The predicted octanol–water partition coefficient (Wildman–Crippen LogP) is 7.07. The van der Waals surface area contributed by atoms with Crippen LogP contribution < -0.4 is 31.8 Å². The Bertz CT molecular complexity index is 1680. The van der Waals surface area contributed by atoms with Gasteiger partial charge in [-0.3, -0.25) is 0 Å². The Hall–Kier alpha value is -3.96. The van der Waals surface area contributed by atoms with Gasteiger partial charge in [-0.1, -0.05) is 109 Å². The fourth-order valence-corrected chi connectivity index (χ4v) is 20.8. The Morgan fingerprint density at radius 1 is 0.300 bits per heavy atom. The zero-order chi connectivity index (χ0) is 42.0. The Balaban J connectivity index is 0.00000114. The van der Waals surface area contributed by atoms with Crippen LogP contribution in [0.1, 0.15) is 0 Å². The molecule has 0 amide bonds. The van der Waals surface area contributed by atoms with Crippen molar-refractivity contribution in [2.24, 2.45) is 0 Å². The van der Waals surface area contributed by atoms with Crippen molar-refractivity contribution in [2.45, 2.75) is 0 Å². The summed E-state index contributed by atoms with van der Waals surface area (Å²) in [5, 5.41) is 53.6. The van der Waals surface area contributed by atoms with Gasteiger partial charge in [0.15, 0.2) is 0 Å². The fraction of sp³-hybridized carbons (Fsp3) is 0.143. The molecule has 0 heterocycles. The molecule has 0 radical (unpaired) electrons. The molecule has 0 aliphatic carbocycles. The SMILES string of the molecule is O=[N+]([O-])[O-].O=[N+]([O-])[O-].O=[N+]([O-])[O-].[Ag+].[Pd+2].c1ccc([PH+](CC[PH+](CC[PH+](c2ccccc2)c2ccccc2)CC[PH+](c2ccccc2)c2ccccc2)c2ccccc2)cc1. The molecule has 18 heteroatoms. The third kappa shape index (κ3) is 22.0. The van der Waals surface area contributed by atoms with Gasteiger partial charge >= 0.3 is 42.8 Å². The van der Waals surface area contributed by atoms with E-state index in [0.29, 0.717) is 0 Å². The zero-order valence-electron chi connectivity index (χ0n) is 32.2. The standard InChI is InChI=1S/C42H42P4.Ag.3NO3.Pd/c1-7-19-37(20-8-1)44(38-21-9-2-10-22-38)34-31-43(32-35-45(39-23-11-3-12-24-39)40-25-13-4-14-26-40)33-36-46(41-27-15-5-16-28-41)42-29-17-6-18-30-42;;3*2-1(3)4;/h1-30H,31-36H2;;;;;/q;+1;3*-1;+2/p+4. The number of hydrogen-bond donors (Lipinski definition) is 0. The van der Waals surface area contributed by atoms with Gasteiger partial charge in [-0.05, 0) is 72.8 Å². The molecule has 0 atom stereocenters. The second-order valence-corrected chi connectivity index (χ2v) is 23.4. The maximum atomic E-state index is 8.25. The first-order chi connectivity index (χ1) is 28.0. The minimum absolute atomic E-state index is 0. The Morgan fingerprint density at radius 3 is 0.567 bits per heavy atom. The maximum absolute atomic E-state index is 8.25. The van der Waals surface area contributed by atoms with Gasteiger partial charge in [0.2, 0.25) is 0 Å². The van der Waals surface area contributed by atoms with Crippen molar-refractivity contribution < 1.29 is 58.1 Å². The molecule has 0 unspecified atom stereocenters. The van der Waals surface area contributed by atoms with Crippen molar-refractivity contribution in [3.63, 3.8) is 0 Å². The van der Waals surface area contributed by atoms with Crippen molar-refractivity contribution >= 4 is 63.5 Å². The first-order valence-corrected chi connectivity index (χ1v) is 25.5. The van der Waals surface area contributed by atoms with E-state index < -0.39 is 46.9 Å². The molecule has 12 nitrogen and oxygen atoms in total. The van der Waals surface area contributed by atoms with Gasteiger partial charge in [0.1, 0.15) is 0 Å². The van der Waals surface area contributed by atoms with Gasteiger partial charge in [-0.2, -0.15) is 0 Å². The largest absolute Gasteiger partial charge is 2.00 e. The van der Waals surface area contributed by atoms with E-state index in [-0.39, 0.29) is 42.8 Å². The average molecular weight is 1080 g/mol. The third-order valence-electron chi connectivity index (χ3n) is 8.92. The van der Waals surface area contributed by atoms with Crippen LogP contribution in [0.15, 0.2) is 182 Å². The minimum atomic E-state index is -1.75. The second-order valence-electron chi connectivity index (χ2n) is 12.6. The van der Waals surface area contributed by atoms with Crippen molar-refractivity contribution in [2.75, 3.05) is 37.0 Å². The van der Waals surface area contributed by atoms with E-state index in [1.54, 1.807) is 31.8 Å². The second kappa shape index (κ2) is 31.9. The van der Waals surface area contributed by atoms with Crippen LogP contribution in [0.2, 0.25) is 0 Å². The third-order valence-corrected chi connectivity index (χ3v) is 21.7. The monoisotopic (exact) mass is 1070 g/mol. The molecule has 0 fully saturated rings. The zero-order valence-corrected chi connectivity index (χ0v) is 39.2. The van der Waals surface area contributed by atoms with Gasteiger partial charge in [0.25, 0.3) is 0 Å². The van der Waals surface area contributed by atoms with E-state index >= 15 is 0 Å². The molecule has 320 valence electrons. The molecule has 0 aliphatic heterocycles. The molecule has 6 rings (SSSR count). The van der Waals surface area contributed by atoms with Gasteiger partial charge < -0.3 is 46.0 Å². The van der Waals surface area contributed by atoms with Crippen LogP contribution in [-0.4, -0.2) is 52.2 Å². The van der Waals surface area contributed by atoms with Crippen LogP contribution in [-0.2, 0) is 42.8 Å². The summed E-state index contributed by atoms with van der Waals surface area (Å²) < 4.78 is 0. The summed E-state index contributed by atoms with van der Waals surface area (Å²) in [5.41, 5.74) is 0. The van der Waals surface area contributed by atoms with Crippen LogP contribution in [0.3, 0.4) is 0 Å². The van der Waals surface area contributed by atoms with Crippen LogP contribution in [0, 0.1) is 46.0 Å². The molecule has 0 aromatic heterocycles. The quantitative estimate of drug-likeness (QED) is 0.0447. The van der Waals surface area contributed by atoms with E-state index in [4.69, 9.17) is 46.0 Å². The molecule has 0 spiro atoms. The topological polar surface area (TPSA) is 199 Å². The van der Waals surface area contributed by atoms with Crippen molar-refractivity contribution in [1.29, 1.82) is 0 Å². The summed E-state index contributed by atoms with van der Waals surface area (Å²) >= 11 is 0. The molecule has 60 heavy (non-hydrogen) atoms. The van der Waals surface area contributed by atoms with E-state index in [1.807, 2.05) is 0 Å². The molecular formula is C42H46AgN3O9P4Pd+4. The molecule has 6 aromatic carbocycles. The fourth-order valence-electron chi connectivity index (χ4n) is 6.48. The molecule has 0 aliphatic rings. The Labute approximate surface area is 384 Å². The predicted molar refractivity (Wildman–Crippen MR) is 250 cm³/mol. The summed E-state index contributed by atoms with van der Waals surface area (Å²) in [6, 6.07) is 68.4. The van der Waals surface area contributed by atoms with Gasteiger partial charge in [-0.15, -0.1) is 0 Å². The van der Waals surface area contributed by atoms with Crippen molar-refractivity contribution in [3.8, 4) is 0 Å². The average Bonchev–Trinajstić information content (AvgIpc) is 3.22. The number of rotatable bonds is 15. The molecular weight excluding hydrogens is 1030 g/mol. The normalized spacial score (nSPS) is 10.0. The summed E-state index contributed by atoms with van der Waals surface area (Å²) in [5.74, 6) is 0. The summed E-state index contributed by atoms with van der Waals surface area (Å²) in [6.07, 6.45) is 8.14. The molecule has 0 bridgehead atoms. The van der Waals surface area contributed by atoms with E-state index in [1.165, 1.54) is 37.0 Å².